The fraction of sp³-hybridized carbons (Fsp3) is 0.500. The van der Waals surface area contributed by atoms with E-state index in [1.54, 1.807) is 11.3 Å². The van der Waals surface area contributed by atoms with Crippen LogP contribution in [0.5, 0.6) is 0 Å². The maximum Gasteiger partial charge on any atom is 0.166 e. The van der Waals surface area contributed by atoms with Gasteiger partial charge >= 0.3 is 0 Å². The minimum Gasteiger partial charge on any atom is -0.390 e. The summed E-state index contributed by atoms with van der Waals surface area (Å²) >= 11 is 1.62. The molecule has 1 aliphatic rings. The number of nitrogen functional groups attached to an aromatic ring is 1. The molecule has 0 saturated heterocycles. The van der Waals surface area contributed by atoms with Gasteiger partial charge in [-0.2, -0.15) is 0 Å². The zero-order valence-corrected chi connectivity index (χ0v) is 10.7. The van der Waals surface area contributed by atoms with Crippen LogP contribution in [0.4, 0.5) is 5.00 Å². The molecule has 2 heterocycles. The summed E-state index contributed by atoms with van der Waals surface area (Å²) in [6.45, 7) is 2.07. The number of hydrogen-bond donors (Lipinski definition) is 1. The maximum absolute atomic E-state index is 6.04. The standard InChI is InChI=1S/C12H16N4S/c1-8-6-10(11(13)17-8)12-15-14-7-16(12)9-4-2-3-5-9/h6-7,9H,2-5,13H2,1H3. The quantitative estimate of drug-likeness (QED) is 0.888. The second-order valence-corrected chi connectivity index (χ2v) is 5.92. The molecular formula is C12H16N4S. The smallest absolute Gasteiger partial charge is 0.166 e. The first kappa shape index (κ1) is 10.8. The van der Waals surface area contributed by atoms with Crippen molar-refractivity contribution in [1.29, 1.82) is 0 Å². The molecule has 0 aromatic carbocycles. The van der Waals surface area contributed by atoms with Gasteiger partial charge in [-0.1, -0.05) is 12.8 Å². The molecule has 0 unspecified atom stereocenters. The third kappa shape index (κ3) is 1.84. The van der Waals surface area contributed by atoms with Crippen LogP contribution in [0.1, 0.15) is 36.6 Å². The van der Waals surface area contributed by atoms with Gasteiger partial charge in [0.05, 0.1) is 10.6 Å². The summed E-state index contributed by atoms with van der Waals surface area (Å²) in [5.74, 6) is 0.929. The third-order valence-electron chi connectivity index (χ3n) is 3.42. The van der Waals surface area contributed by atoms with Crippen LogP contribution < -0.4 is 5.73 Å². The molecule has 0 radical (unpaired) electrons. The molecule has 2 aromatic heterocycles. The van der Waals surface area contributed by atoms with Gasteiger partial charge in [-0.05, 0) is 25.8 Å². The lowest BCUT2D eigenvalue weighted by Gasteiger charge is -2.13. The zero-order valence-electron chi connectivity index (χ0n) is 9.89. The lowest BCUT2D eigenvalue weighted by Crippen LogP contribution is -2.05. The van der Waals surface area contributed by atoms with Crippen molar-refractivity contribution in [1.82, 2.24) is 14.8 Å². The number of nitrogens with two attached hydrogens (primary N) is 1. The summed E-state index contributed by atoms with van der Waals surface area (Å²) in [7, 11) is 0. The summed E-state index contributed by atoms with van der Waals surface area (Å²) in [4.78, 5) is 1.22. The van der Waals surface area contributed by atoms with Gasteiger partial charge < -0.3 is 10.3 Å². The topological polar surface area (TPSA) is 56.7 Å². The summed E-state index contributed by atoms with van der Waals surface area (Å²) in [6.07, 6.45) is 6.92. The van der Waals surface area contributed by atoms with Crippen LogP contribution in [0.3, 0.4) is 0 Å². The van der Waals surface area contributed by atoms with E-state index in [9.17, 15) is 0 Å². The minimum atomic E-state index is 0.555. The summed E-state index contributed by atoms with van der Waals surface area (Å²) in [6, 6.07) is 2.66. The highest BCUT2D eigenvalue weighted by molar-refractivity contribution is 7.16. The van der Waals surface area contributed by atoms with Crippen molar-refractivity contribution < 1.29 is 0 Å². The summed E-state index contributed by atoms with van der Waals surface area (Å²) in [5.41, 5.74) is 7.08. The number of thiophene rings is 1. The molecule has 5 heteroatoms. The van der Waals surface area contributed by atoms with Gasteiger partial charge in [0, 0.05) is 10.9 Å². The molecule has 1 saturated carbocycles. The molecular weight excluding hydrogens is 232 g/mol. The molecule has 17 heavy (non-hydrogen) atoms. The van der Waals surface area contributed by atoms with Gasteiger partial charge in [-0.15, -0.1) is 21.5 Å². The van der Waals surface area contributed by atoms with Gasteiger partial charge in [-0.3, -0.25) is 0 Å². The van der Waals surface area contributed by atoms with E-state index in [1.807, 2.05) is 6.33 Å². The van der Waals surface area contributed by atoms with Crippen molar-refractivity contribution in [3.8, 4) is 11.4 Å². The Bertz CT molecular complexity index is 522. The normalized spacial score (nSPS) is 16.8. The van der Waals surface area contributed by atoms with Crippen molar-refractivity contribution >= 4 is 16.3 Å². The molecule has 1 aliphatic carbocycles. The summed E-state index contributed by atoms with van der Waals surface area (Å²) < 4.78 is 2.20. The zero-order chi connectivity index (χ0) is 11.8. The molecule has 0 spiro atoms. The van der Waals surface area contributed by atoms with Gasteiger partial charge in [0.1, 0.15) is 6.33 Å². The van der Waals surface area contributed by atoms with Crippen LogP contribution in [-0.2, 0) is 0 Å². The Kier molecular flexibility index (Phi) is 2.63. The van der Waals surface area contributed by atoms with Crippen LogP contribution in [-0.4, -0.2) is 14.8 Å². The van der Waals surface area contributed by atoms with E-state index < -0.39 is 0 Å². The molecule has 0 amide bonds. The number of hydrogen-bond acceptors (Lipinski definition) is 4. The predicted octanol–water partition coefficient (Wildman–Crippen LogP) is 3.01. The van der Waals surface area contributed by atoms with Crippen molar-refractivity contribution in [2.45, 2.75) is 38.6 Å². The number of rotatable bonds is 2. The number of aromatic nitrogens is 3. The number of anilines is 1. The fourth-order valence-electron chi connectivity index (χ4n) is 2.59. The first-order chi connectivity index (χ1) is 8.25. The molecule has 90 valence electrons. The molecule has 3 rings (SSSR count). The van der Waals surface area contributed by atoms with E-state index in [2.05, 4.69) is 27.8 Å². The second kappa shape index (κ2) is 4.14. The van der Waals surface area contributed by atoms with E-state index in [1.165, 1.54) is 30.6 Å². The van der Waals surface area contributed by atoms with Crippen LogP contribution >= 0.6 is 11.3 Å². The van der Waals surface area contributed by atoms with Crippen LogP contribution in [0.15, 0.2) is 12.4 Å². The van der Waals surface area contributed by atoms with E-state index in [-0.39, 0.29) is 0 Å². The average molecular weight is 248 g/mol. The monoisotopic (exact) mass is 248 g/mol. The number of nitrogens with zero attached hydrogens (tertiary/aromatic N) is 3. The highest BCUT2D eigenvalue weighted by atomic mass is 32.1. The molecule has 2 aromatic rings. The molecule has 4 nitrogen and oxygen atoms in total. The Morgan fingerprint density at radius 3 is 2.82 bits per heavy atom. The van der Waals surface area contributed by atoms with Gasteiger partial charge in [0.15, 0.2) is 5.82 Å². The fourth-order valence-corrected chi connectivity index (χ4v) is 3.38. The van der Waals surface area contributed by atoms with E-state index >= 15 is 0 Å². The third-order valence-corrected chi connectivity index (χ3v) is 4.30. The van der Waals surface area contributed by atoms with Crippen molar-refractivity contribution in [3.63, 3.8) is 0 Å². The van der Waals surface area contributed by atoms with Crippen molar-refractivity contribution in [2.75, 3.05) is 5.73 Å². The minimum absolute atomic E-state index is 0.555. The Morgan fingerprint density at radius 2 is 2.18 bits per heavy atom. The van der Waals surface area contributed by atoms with E-state index in [0.29, 0.717) is 6.04 Å². The van der Waals surface area contributed by atoms with Gasteiger partial charge in [-0.25, -0.2) is 0 Å². The van der Waals surface area contributed by atoms with Crippen molar-refractivity contribution in [3.05, 3.63) is 17.3 Å². The number of aryl methyl sites for hydroxylation is 1. The lowest BCUT2D eigenvalue weighted by atomic mass is 10.2. The summed E-state index contributed by atoms with van der Waals surface area (Å²) in [5, 5.41) is 9.14. The van der Waals surface area contributed by atoms with Crippen LogP contribution in [0.2, 0.25) is 0 Å². The molecule has 1 fully saturated rings. The highest BCUT2D eigenvalue weighted by Gasteiger charge is 2.22. The molecule has 0 aliphatic heterocycles. The molecule has 0 bridgehead atoms. The van der Waals surface area contributed by atoms with Crippen molar-refractivity contribution in [2.24, 2.45) is 0 Å². The highest BCUT2D eigenvalue weighted by Crippen LogP contribution is 2.36. The van der Waals surface area contributed by atoms with E-state index in [4.69, 9.17) is 5.73 Å². The van der Waals surface area contributed by atoms with Gasteiger partial charge in [0.25, 0.3) is 0 Å². The Morgan fingerprint density at radius 1 is 1.41 bits per heavy atom. The largest absolute Gasteiger partial charge is 0.390 e. The van der Waals surface area contributed by atoms with E-state index in [0.717, 1.165) is 16.4 Å². The Hall–Kier alpha value is -1.36. The SMILES string of the molecule is Cc1cc(-c2nncn2C2CCCC2)c(N)s1. The first-order valence-corrected chi connectivity index (χ1v) is 6.83. The second-order valence-electron chi connectivity index (χ2n) is 4.64. The first-order valence-electron chi connectivity index (χ1n) is 6.01. The average Bonchev–Trinajstić information content (AvgIpc) is 2.97. The maximum atomic E-state index is 6.04. The van der Waals surface area contributed by atoms with Gasteiger partial charge in [0.2, 0.25) is 0 Å². The van der Waals surface area contributed by atoms with Crippen LogP contribution in [0, 0.1) is 6.92 Å². The lowest BCUT2D eigenvalue weighted by molar-refractivity contribution is 0.522. The molecule has 2 N–H and O–H groups in total. The predicted molar refractivity (Wildman–Crippen MR) is 70.0 cm³/mol. The Balaban J connectivity index is 2.03. The molecule has 0 atom stereocenters. The van der Waals surface area contributed by atoms with Crippen LogP contribution in [0.25, 0.3) is 11.4 Å². The Labute approximate surface area is 104 Å².